The van der Waals surface area contributed by atoms with Crippen molar-refractivity contribution in [2.45, 2.75) is 26.2 Å². The van der Waals surface area contributed by atoms with Crippen molar-refractivity contribution in [3.8, 4) is 5.75 Å². The summed E-state index contributed by atoms with van der Waals surface area (Å²) in [5.41, 5.74) is 1.48. The summed E-state index contributed by atoms with van der Waals surface area (Å²) < 4.78 is 5.34. The molecule has 2 heterocycles. The van der Waals surface area contributed by atoms with Crippen molar-refractivity contribution in [1.29, 1.82) is 0 Å². The zero-order chi connectivity index (χ0) is 18.4. The van der Waals surface area contributed by atoms with Crippen LogP contribution in [-0.2, 0) is 6.42 Å². The van der Waals surface area contributed by atoms with Crippen LogP contribution in [0.15, 0.2) is 36.7 Å². The molecule has 3 rings (SSSR count). The fourth-order valence-corrected chi connectivity index (χ4v) is 3.35. The van der Waals surface area contributed by atoms with Crippen molar-refractivity contribution >= 4 is 11.7 Å². The van der Waals surface area contributed by atoms with Crippen molar-refractivity contribution in [2.75, 3.05) is 31.6 Å². The average molecular weight is 354 g/mol. The molecule has 2 aromatic rings. The van der Waals surface area contributed by atoms with Crippen LogP contribution >= 0.6 is 0 Å². The van der Waals surface area contributed by atoms with E-state index in [1.165, 1.54) is 12.7 Å². The Kier molecular flexibility index (Phi) is 6.04. The highest BCUT2D eigenvalue weighted by atomic mass is 16.5. The number of amides is 1. The zero-order valence-corrected chi connectivity index (χ0v) is 15.4. The van der Waals surface area contributed by atoms with Crippen molar-refractivity contribution in [3.05, 3.63) is 47.9 Å². The van der Waals surface area contributed by atoms with Crippen LogP contribution in [0.25, 0.3) is 0 Å². The minimum Gasteiger partial charge on any atom is -0.496 e. The first-order valence-corrected chi connectivity index (χ1v) is 9.14. The highest BCUT2D eigenvalue weighted by Crippen LogP contribution is 2.21. The van der Waals surface area contributed by atoms with Gasteiger partial charge in [-0.2, -0.15) is 0 Å². The van der Waals surface area contributed by atoms with Crippen LogP contribution in [0.4, 0.5) is 5.82 Å². The molecular formula is C20H26N4O2. The Hall–Kier alpha value is -2.63. The Morgan fingerprint density at radius 3 is 3.00 bits per heavy atom. The van der Waals surface area contributed by atoms with Crippen LogP contribution in [0.1, 0.15) is 35.8 Å². The standard InChI is InChI=1S/C20H26N4O2/c1-15-6-5-11-24(13-15)19-12-17(22-14-23-19)20(25)21-10-9-16-7-3-4-8-18(16)26-2/h3-4,7-8,12,14-15H,5-6,9-11,13H2,1-2H3,(H,21,25). The van der Waals surface area contributed by atoms with E-state index in [4.69, 9.17) is 4.74 Å². The molecule has 1 unspecified atom stereocenters. The lowest BCUT2D eigenvalue weighted by molar-refractivity contribution is 0.0949. The number of piperidine rings is 1. The summed E-state index contributed by atoms with van der Waals surface area (Å²) in [6, 6.07) is 9.62. The van der Waals surface area contributed by atoms with Crippen LogP contribution in [0, 0.1) is 5.92 Å². The Morgan fingerprint density at radius 2 is 2.19 bits per heavy atom. The van der Waals surface area contributed by atoms with Gasteiger partial charge >= 0.3 is 0 Å². The molecule has 1 aliphatic heterocycles. The van der Waals surface area contributed by atoms with Gasteiger partial charge in [0.05, 0.1) is 7.11 Å². The number of ether oxygens (including phenoxy) is 1. The number of hydrogen-bond donors (Lipinski definition) is 1. The molecule has 0 saturated carbocycles. The van der Waals surface area contributed by atoms with E-state index in [1.807, 2.05) is 24.3 Å². The van der Waals surface area contributed by atoms with E-state index in [0.29, 0.717) is 24.6 Å². The van der Waals surface area contributed by atoms with Crippen LogP contribution in [-0.4, -0.2) is 42.6 Å². The van der Waals surface area contributed by atoms with Crippen molar-refractivity contribution in [1.82, 2.24) is 15.3 Å². The molecule has 6 heteroatoms. The summed E-state index contributed by atoms with van der Waals surface area (Å²) in [5, 5.41) is 2.93. The topological polar surface area (TPSA) is 67.3 Å². The molecule has 1 aromatic carbocycles. The predicted octanol–water partition coefficient (Wildman–Crippen LogP) is 2.69. The average Bonchev–Trinajstić information content (AvgIpc) is 2.68. The number of methoxy groups -OCH3 is 1. The Labute approximate surface area is 154 Å². The first kappa shape index (κ1) is 18.2. The van der Waals surface area contributed by atoms with Gasteiger partial charge in [-0.25, -0.2) is 9.97 Å². The molecule has 0 spiro atoms. The molecule has 0 aliphatic carbocycles. The van der Waals surface area contributed by atoms with Gasteiger partial charge in [0, 0.05) is 25.7 Å². The normalized spacial score (nSPS) is 17.0. The molecule has 138 valence electrons. The number of carbonyl (C=O) groups excluding carboxylic acids is 1. The fraction of sp³-hybridized carbons (Fsp3) is 0.450. The highest BCUT2D eigenvalue weighted by Gasteiger charge is 2.19. The van der Waals surface area contributed by atoms with E-state index in [9.17, 15) is 4.79 Å². The second-order valence-corrected chi connectivity index (χ2v) is 6.77. The van der Waals surface area contributed by atoms with Gasteiger partial charge in [0.15, 0.2) is 0 Å². The van der Waals surface area contributed by atoms with E-state index < -0.39 is 0 Å². The predicted molar refractivity (Wildman–Crippen MR) is 102 cm³/mol. The number of benzene rings is 1. The summed E-state index contributed by atoms with van der Waals surface area (Å²) in [7, 11) is 1.65. The quantitative estimate of drug-likeness (QED) is 0.864. The monoisotopic (exact) mass is 354 g/mol. The number of carbonyl (C=O) groups is 1. The summed E-state index contributed by atoms with van der Waals surface area (Å²) in [6.45, 7) is 4.74. The lowest BCUT2D eigenvalue weighted by atomic mass is 10.0. The van der Waals surface area contributed by atoms with Crippen LogP contribution in [0.5, 0.6) is 5.75 Å². The maximum absolute atomic E-state index is 12.4. The molecule has 26 heavy (non-hydrogen) atoms. The van der Waals surface area contributed by atoms with Gasteiger partial charge in [0.1, 0.15) is 23.6 Å². The summed E-state index contributed by atoms with van der Waals surface area (Å²) >= 11 is 0. The number of rotatable bonds is 6. The van der Waals surface area contributed by atoms with Gasteiger partial charge in [-0.3, -0.25) is 4.79 Å². The third kappa shape index (κ3) is 4.50. The Bertz CT molecular complexity index is 750. The number of hydrogen-bond acceptors (Lipinski definition) is 5. The third-order valence-corrected chi connectivity index (χ3v) is 4.74. The second-order valence-electron chi connectivity index (χ2n) is 6.77. The maximum atomic E-state index is 12.4. The van der Waals surface area contributed by atoms with Gasteiger partial charge in [-0.05, 0) is 36.8 Å². The third-order valence-electron chi connectivity index (χ3n) is 4.74. The molecule has 1 saturated heterocycles. The van der Waals surface area contributed by atoms with E-state index in [1.54, 1.807) is 13.2 Å². The van der Waals surface area contributed by atoms with Gasteiger partial charge in [0.2, 0.25) is 0 Å². The summed E-state index contributed by atoms with van der Waals surface area (Å²) in [5.74, 6) is 2.15. The molecule has 1 aliphatic rings. The van der Waals surface area contributed by atoms with E-state index in [0.717, 1.165) is 36.6 Å². The number of para-hydroxylation sites is 1. The maximum Gasteiger partial charge on any atom is 0.270 e. The minimum absolute atomic E-state index is 0.173. The summed E-state index contributed by atoms with van der Waals surface area (Å²) in [4.78, 5) is 23.2. The van der Waals surface area contributed by atoms with Gasteiger partial charge in [-0.15, -0.1) is 0 Å². The molecule has 6 nitrogen and oxygen atoms in total. The molecule has 0 bridgehead atoms. The number of nitrogens with zero attached hydrogens (tertiary/aromatic N) is 3. The molecule has 1 amide bonds. The first-order valence-electron chi connectivity index (χ1n) is 9.14. The highest BCUT2D eigenvalue weighted by molar-refractivity contribution is 5.92. The number of aromatic nitrogens is 2. The van der Waals surface area contributed by atoms with Crippen molar-refractivity contribution < 1.29 is 9.53 Å². The minimum atomic E-state index is -0.173. The number of nitrogens with one attached hydrogen (secondary N) is 1. The van der Waals surface area contributed by atoms with Crippen LogP contribution in [0.3, 0.4) is 0 Å². The van der Waals surface area contributed by atoms with Crippen molar-refractivity contribution in [3.63, 3.8) is 0 Å². The smallest absolute Gasteiger partial charge is 0.270 e. The van der Waals surface area contributed by atoms with Gasteiger partial charge < -0.3 is 15.0 Å². The Balaban J connectivity index is 1.58. The Morgan fingerprint density at radius 1 is 1.35 bits per heavy atom. The van der Waals surface area contributed by atoms with E-state index >= 15 is 0 Å². The zero-order valence-electron chi connectivity index (χ0n) is 15.4. The fourth-order valence-electron chi connectivity index (χ4n) is 3.35. The summed E-state index contributed by atoms with van der Waals surface area (Å²) in [6.07, 6.45) is 4.59. The molecule has 1 fully saturated rings. The molecule has 1 atom stereocenters. The van der Waals surface area contributed by atoms with E-state index in [-0.39, 0.29) is 5.91 Å². The van der Waals surface area contributed by atoms with E-state index in [2.05, 4.69) is 27.1 Å². The van der Waals surface area contributed by atoms with Gasteiger partial charge in [-0.1, -0.05) is 25.1 Å². The lowest BCUT2D eigenvalue weighted by Gasteiger charge is -2.31. The van der Waals surface area contributed by atoms with Crippen LogP contribution < -0.4 is 15.0 Å². The molecule has 1 aromatic heterocycles. The molecular weight excluding hydrogens is 328 g/mol. The number of anilines is 1. The van der Waals surface area contributed by atoms with Crippen LogP contribution in [0.2, 0.25) is 0 Å². The molecule has 1 N–H and O–H groups in total. The second kappa shape index (κ2) is 8.65. The first-order chi connectivity index (χ1) is 12.7. The SMILES string of the molecule is COc1ccccc1CCNC(=O)c1cc(N2CCCC(C)C2)ncn1. The van der Waals surface area contributed by atoms with Gasteiger partial charge in [0.25, 0.3) is 5.91 Å². The lowest BCUT2D eigenvalue weighted by Crippen LogP contribution is -2.35. The largest absolute Gasteiger partial charge is 0.496 e. The molecule has 0 radical (unpaired) electrons. The van der Waals surface area contributed by atoms with Crippen molar-refractivity contribution in [2.24, 2.45) is 5.92 Å².